The van der Waals surface area contributed by atoms with Gasteiger partial charge >= 0.3 is 0 Å². The van der Waals surface area contributed by atoms with Crippen LogP contribution in [0, 0.1) is 17.2 Å². The van der Waals surface area contributed by atoms with E-state index in [-0.39, 0.29) is 29.5 Å². The standard InChI is InChI=1S/C26H25ClFN5O2/c1-25(2)34-21-20(33-10-8-15-23(27)30-12-31-24(15)33)16-11-26(16,22(21)35-25)9-7-13-3-4-14-5-6-17(29)32-19(14)18(13)28/h3-6,8,10,12,16,20-22H,7,9,11H2,1-2H3,(H2,29,32)/t16-,20-,21+,22+,26+/m1/s1. The predicted octanol–water partition coefficient (Wildman–Crippen LogP) is 5.07. The largest absolute Gasteiger partial charge is 0.384 e. The summed E-state index contributed by atoms with van der Waals surface area (Å²) in [7, 11) is 0. The second-order valence-electron chi connectivity index (χ2n) is 10.5. The van der Waals surface area contributed by atoms with Gasteiger partial charge in [-0.3, -0.25) is 0 Å². The van der Waals surface area contributed by atoms with E-state index in [9.17, 15) is 0 Å². The number of aryl methyl sites for hydroxylation is 1. The number of benzene rings is 1. The average molecular weight is 494 g/mol. The number of fused-ring (bicyclic) bond motifs is 5. The minimum absolute atomic E-state index is 0.0631. The SMILES string of the molecule is CC1(C)O[C@H]2[C@H](n3ccc4c(Cl)ncnc43)[C@H]3C[C@]3(CCc3ccc4ccc(N)nc4c3F)[C@H]2O1. The Labute approximate surface area is 206 Å². The van der Waals surface area contributed by atoms with E-state index >= 15 is 4.39 Å². The van der Waals surface area contributed by atoms with Gasteiger partial charge in [0, 0.05) is 17.0 Å². The number of hydrogen-bond donors (Lipinski definition) is 1. The summed E-state index contributed by atoms with van der Waals surface area (Å²) < 4.78 is 30.5. The molecule has 0 bridgehead atoms. The Morgan fingerprint density at radius 2 is 2.00 bits per heavy atom. The first kappa shape index (κ1) is 21.5. The maximum absolute atomic E-state index is 15.4. The molecular weight excluding hydrogens is 469 g/mol. The van der Waals surface area contributed by atoms with Crippen molar-refractivity contribution in [2.45, 2.75) is 57.1 Å². The van der Waals surface area contributed by atoms with Gasteiger partial charge in [0.1, 0.15) is 34.6 Å². The van der Waals surface area contributed by atoms with Crippen molar-refractivity contribution >= 4 is 39.4 Å². The fourth-order valence-corrected chi connectivity index (χ4v) is 6.78. The molecule has 5 atom stereocenters. The van der Waals surface area contributed by atoms with Crippen molar-refractivity contribution in [3.63, 3.8) is 0 Å². The van der Waals surface area contributed by atoms with Crippen molar-refractivity contribution < 1.29 is 13.9 Å². The summed E-state index contributed by atoms with van der Waals surface area (Å²) in [4.78, 5) is 12.9. The van der Waals surface area contributed by atoms with Crippen LogP contribution in [0.5, 0.6) is 0 Å². The van der Waals surface area contributed by atoms with Gasteiger partial charge in [-0.15, -0.1) is 0 Å². The first-order chi connectivity index (χ1) is 16.8. The normalized spacial score (nSPS) is 30.6. The lowest BCUT2D eigenvalue weighted by atomic mass is 9.91. The maximum atomic E-state index is 15.4. The molecule has 1 aliphatic heterocycles. The van der Waals surface area contributed by atoms with Crippen molar-refractivity contribution in [2.75, 3.05) is 5.73 Å². The molecule has 1 aromatic carbocycles. The summed E-state index contributed by atoms with van der Waals surface area (Å²) in [5, 5.41) is 2.01. The van der Waals surface area contributed by atoms with E-state index in [1.807, 2.05) is 38.2 Å². The second-order valence-corrected chi connectivity index (χ2v) is 10.9. The van der Waals surface area contributed by atoms with Crippen LogP contribution in [0.1, 0.15) is 38.3 Å². The molecule has 7 nitrogen and oxygen atoms in total. The minimum atomic E-state index is -0.681. The predicted molar refractivity (Wildman–Crippen MR) is 130 cm³/mol. The molecule has 4 aromatic rings. The Balaban J connectivity index is 1.23. The molecule has 180 valence electrons. The van der Waals surface area contributed by atoms with Crippen LogP contribution in [-0.4, -0.2) is 37.5 Å². The molecule has 9 heteroatoms. The Bertz CT molecular complexity index is 1510. The van der Waals surface area contributed by atoms with Crippen LogP contribution in [0.2, 0.25) is 5.15 Å². The lowest BCUT2D eigenvalue weighted by molar-refractivity contribution is -0.161. The summed E-state index contributed by atoms with van der Waals surface area (Å²) in [6.07, 6.45) is 5.72. The van der Waals surface area contributed by atoms with Gasteiger partial charge in [0.25, 0.3) is 0 Å². The Hall–Kier alpha value is -2.81. The molecule has 2 aliphatic carbocycles. The lowest BCUT2D eigenvalue weighted by Gasteiger charge is -2.24. The molecule has 0 spiro atoms. The van der Waals surface area contributed by atoms with Crippen molar-refractivity contribution in [2.24, 2.45) is 11.3 Å². The molecule has 1 saturated heterocycles. The highest BCUT2D eigenvalue weighted by Crippen LogP contribution is 2.73. The molecule has 0 unspecified atom stereocenters. The zero-order chi connectivity index (χ0) is 24.1. The Morgan fingerprint density at radius 3 is 2.86 bits per heavy atom. The zero-order valence-electron chi connectivity index (χ0n) is 19.4. The smallest absolute Gasteiger partial charge is 0.163 e. The number of pyridine rings is 1. The summed E-state index contributed by atoms with van der Waals surface area (Å²) in [6.45, 7) is 3.92. The van der Waals surface area contributed by atoms with Crippen molar-refractivity contribution in [3.05, 3.63) is 59.4 Å². The van der Waals surface area contributed by atoms with Crippen molar-refractivity contribution in [3.8, 4) is 0 Å². The van der Waals surface area contributed by atoms with Crippen LogP contribution in [-0.2, 0) is 15.9 Å². The highest BCUT2D eigenvalue weighted by molar-refractivity contribution is 6.33. The summed E-state index contributed by atoms with van der Waals surface area (Å²) in [6, 6.07) is 9.29. The van der Waals surface area contributed by atoms with Gasteiger partial charge in [-0.25, -0.2) is 19.3 Å². The number of anilines is 1. The van der Waals surface area contributed by atoms with Gasteiger partial charge in [0.05, 0.1) is 17.5 Å². The van der Waals surface area contributed by atoms with Crippen LogP contribution < -0.4 is 5.73 Å². The van der Waals surface area contributed by atoms with E-state index in [1.165, 1.54) is 6.33 Å². The van der Waals surface area contributed by atoms with E-state index < -0.39 is 5.79 Å². The fourth-order valence-electron chi connectivity index (χ4n) is 6.58. The van der Waals surface area contributed by atoms with Crippen LogP contribution in [0.3, 0.4) is 0 Å². The van der Waals surface area contributed by atoms with Crippen LogP contribution in [0.25, 0.3) is 21.9 Å². The highest BCUT2D eigenvalue weighted by Gasteiger charge is 2.75. The molecule has 4 heterocycles. The number of aromatic nitrogens is 4. The maximum Gasteiger partial charge on any atom is 0.163 e. The first-order valence-electron chi connectivity index (χ1n) is 11.9. The molecule has 0 amide bonds. The van der Waals surface area contributed by atoms with E-state index in [4.69, 9.17) is 26.8 Å². The van der Waals surface area contributed by atoms with E-state index in [0.717, 1.165) is 29.3 Å². The third-order valence-corrected chi connectivity index (χ3v) is 8.47. The monoisotopic (exact) mass is 493 g/mol. The molecular formula is C26H25ClFN5O2. The van der Waals surface area contributed by atoms with E-state index in [2.05, 4.69) is 19.5 Å². The van der Waals surface area contributed by atoms with Gasteiger partial charge in [0.15, 0.2) is 11.6 Å². The number of nitrogens with zero attached hydrogens (tertiary/aromatic N) is 4. The van der Waals surface area contributed by atoms with Crippen molar-refractivity contribution in [1.82, 2.24) is 19.5 Å². The number of halogens is 2. The van der Waals surface area contributed by atoms with Gasteiger partial charge < -0.3 is 19.8 Å². The number of hydrogen-bond acceptors (Lipinski definition) is 6. The third-order valence-electron chi connectivity index (χ3n) is 8.17. The Kier molecular flexibility index (Phi) is 4.37. The molecule has 3 aromatic heterocycles. The fraction of sp³-hybridized carbons (Fsp3) is 0.423. The summed E-state index contributed by atoms with van der Waals surface area (Å²) in [5.41, 5.74) is 7.51. The first-order valence-corrected chi connectivity index (χ1v) is 12.3. The van der Waals surface area contributed by atoms with Crippen LogP contribution >= 0.6 is 11.6 Å². The minimum Gasteiger partial charge on any atom is -0.384 e. The van der Waals surface area contributed by atoms with Crippen LogP contribution in [0.15, 0.2) is 42.9 Å². The molecule has 0 radical (unpaired) electrons. The number of rotatable bonds is 4. The topological polar surface area (TPSA) is 88.1 Å². The quantitative estimate of drug-likeness (QED) is 0.399. The van der Waals surface area contributed by atoms with Crippen LogP contribution in [0.4, 0.5) is 10.2 Å². The van der Waals surface area contributed by atoms with Gasteiger partial charge in [-0.2, -0.15) is 0 Å². The Morgan fingerprint density at radius 1 is 1.17 bits per heavy atom. The van der Waals surface area contributed by atoms with Gasteiger partial charge in [-0.1, -0.05) is 23.7 Å². The summed E-state index contributed by atoms with van der Waals surface area (Å²) >= 11 is 6.32. The lowest BCUT2D eigenvalue weighted by Crippen LogP contribution is -2.32. The highest BCUT2D eigenvalue weighted by atomic mass is 35.5. The number of nitrogens with two attached hydrogens (primary N) is 1. The second kappa shape index (κ2) is 7.12. The third kappa shape index (κ3) is 3.06. The summed E-state index contributed by atoms with van der Waals surface area (Å²) in [5.74, 6) is -0.312. The van der Waals surface area contributed by atoms with Crippen molar-refractivity contribution in [1.29, 1.82) is 0 Å². The van der Waals surface area contributed by atoms with E-state index in [0.29, 0.717) is 34.4 Å². The molecule has 35 heavy (non-hydrogen) atoms. The number of nitrogen functional groups attached to an aromatic ring is 1. The van der Waals surface area contributed by atoms with Gasteiger partial charge in [0.2, 0.25) is 0 Å². The molecule has 3 fully saturated rings. The molecule has 2 saturated carbocycles. The molecule has 3 aliphatic rings. The molecule has 7 rings (SSSR count). The number of ether oxygens (including phenoxy) is 2. The average Bonchev–Trinajstić information content (AvgIpc) is 3.08. The molecule has 2 N–H and O–H groups in total. The van der Waals surface area contributed by atoms with Gasteiger partial charge in [-0.05, 0) is 62.8 Å². The zero-order valence-corrected chi connectivity index (χ0v) is 20.2. The van der Waals surface area contributed by atoms with E-state index in [1.54, 1.807) is 12.1 Å².